The van der Waals surface area contributed by atoms with Crippen molar-refractivity contribution in [1.82, 2.24) is 0 Å². The summed E-state index contributed by atoms with van der Waals surface area (Å²) in [4.78, 5) is 10.5. The number of carboxylic acids is 1. The van der Waals surface area contributed by atoms with Gasteiger partial charge in [-0.3, -0.25) is 0 Å². The molecule has 0 aliphatic heterocycles. The summed E-state index contributed by atoms with van der Waals surface area (Å²) in [5, 5.41) is 8.41. The maximum atomic E-state index is 11.5. The fourth-order valence-corrected chi connectivity index (χ4v) is 2.00. The van der Waals surface area contributed by atoms with E-state index >= 15 is 0 Å². The number of sulfone groups is 1. The standard InChI is InChI=1S/C11H12O4S/c1-2-16(14,15)10-6-3-9(4-7-10)5-8-11(12)13/h3-8H,2H2,1H3,(H,12,13)/b8-5+. The summed E-state index contributed by atoms with van der Waals surface area (Å²) in [7, 11) is -3.19. The van der Waals surface area contributed by atoms with Gasteiger partial charge in [-0.05, 0) is 23.8 Å². The Morgan fingerprint density at radius 3 is 2.31 bits per heavy atom. The molecule has 0 aromatic heterocycles. The van der Waals surface area contributed by atoms with Crippen molar-refractivity contribution in [3.05, 3.63) is 35.9 Å². The second-order valence-corrected chi connectivity index (χ2v) is 5.42. The molecule has 0 saturated heterocycles. The number of benzene rings is 1. The maximum absolute atomic E-state index is 11.5. The van der Waals surface area contributed by atoms with Gasteiger partial charge in [0.15, 0.2) is 9.84 Å². The van der Waals surface area contributed by atoms with Gasteiger partial charge in [0.25, 0.3) is 0 Å². The molecule has 5 heteroatoms. The van der Waals surface area contributed by atoms with Crippen LogP contribution in [0.2, 0.25) is 0 Å². The van der Waals surface area contributed by atoms with E-state index in [9.17, 15) is 13.2 Å². The SMILES string of the molecule is CCS(=O)(=O)c1ccc(/C=C/C(=O)O)cc1. The summed E-state index contributed by atoms with van der Waals surface area (Å²) in [6, 6.07) is 6.09. The summed E-state index contributed by atoms with van der Waals surface area (Å²) < 4.78 is 22.9. The highest BCUT2D eigenvalue weighted by Crippen LogP contribution is 2.13. The Morgan fingerprint density at radius 1 is 1.31 bits per heavy atom. The highest BCUT2D eigenvalue weighted by atomic mass is 32.2. The summed E-state index contributed by atoms with van der Waals surface area (Å²) in [5.74, 6) is -0.984. The molecule has 0 aliphatic carbocycles. The molecule has 0 heterocycles. The van der Waals surface area contributed by atoms with Crippen LogP contribution < -0.4 is 0 Å². The largest absolute Gasteiger partial charge is 0.478 e. The predicted octanol–water partition coefficient (Wildman–Crippen LogP) is 1.58. The third-order valence-electron chi connectivity index (χ3n) is 2.04. The normalized spacial score (nSPS) is 11.8. The van der Waals surface area contributed by atoms with Crippen LogP contribution in [0.4, 0.5) is 0 Å². The Hall–Kier alpha value is -1.62. The first-order valence-corrected chi connectivity index (χ1v) is 6.35. The van der Waals surface area contributed by atoms with E-state index < -0.39 is 15.8 Å². The average molecular weight is 240 g/mol. The first kappa shape index (κ1) is 12.4. The van der Waals surface area contributed by atoms with Crippen LogP contribution in [-0.2, 0) is 14.6 Å². The van der Waals surface area contributed by atoms with Crippen LogP contribution in [0.15, 0.2) is 35.2 Å². The molecule has 1 aromatic carbocycles. The Kier molecular flexibility index (Phi) is 3.84. The molecule has 4 nitrogen and oxygen atoms in total. The fourth-order valence-electron chi connectivity index (χ4n) is 1.12. The van der Waals surface area contributed by atoms with E-state index in [2.05, 4.69) is 0 Å². The van der Waals surface area contributed by atoms with Crippen molar-refractivity contribution in [3.8, 4) is 0 Å². The van der Waals surface area contributed by atoms with Crippen LogP contribution >= 0.6 is 0 Å². The minimum atomic E-state index is -3.19. The molecular weight excluding hydrogens is 228 g/mol. The highest BCUT2D eigenvalue weighted by Gasteiger charge is 2.09. The molecule has 0 unspecified atom stereocenters. The zero-order chi connectivity index (χ0) is 12.2. The van der Waals surface area contributed by atoms with E-state index in [4.69, 9.17) is 5.11 Å². The molecular formula is C11H12O4S. The molecule has 0 bridgehead atoms. The van der Waals surface area contributed by atoms with Crippen molar-refractivity contribution in [2.75, 3.05) is 5.75 Å². The minimum Gasteiger partial charge on any atom is -0.478 e. The molecule has 0 aliphatic rings. The van der Waals surface area contributed by atoms with Gasteiger partial charge >= 0.3 is 5.97 Å². The van der Waals surface area contributed by atoms with Crippen molar-refractivity contribution in [2.24, 2.45) is 0 Å². The third kappa shape index (κ3) is 3.20. The lowest BCUT2D eigenvalue weighted by molar-refractivity contribution is -0.131. The quantitative estimate of drug-likeness (QED) is 0.811. The monoisotopic (exact) mass is 240 g/mol. The number of hydrogen-bond acceptors (Lipinski definition) is 3. The lowest BCUT2D eigenvalue weighted by Crippen LogP contribution is -2.03. The molecule has 0 amide bonds. The molecule has 0 spiro atoms. The minimum absolute atomic E-state index is 0.0529. The number of carboxylic acid groups (broad SMARTS) is 1. The second kappa shape index (κ2) is 4.94. The maximum Gasteiger partial charge on any atom is 0.328 e. The van der Waals surface area contributed by atoms with Gasteiger partial charge in [-0.2, -0.15) is 0 Å². The van der Waals surface area contributed by atoms with Crippen LogP contribution in [0.1, 0.15) is 12.5 Å². The van der Waals surface area contributed by atoms with E-state index in [-0.39, 0.29) is 10.6 Å². The van der Waals surface area contributed by atoms with Gasteiger partial charge < -0.3 is 5.11 Å². The lowest BCUT2D eigenvalue weighted by Gasteiger charge is -2.00. The predicted molar refractivity (Wildman–Crippen MR) is 60.8 cm³/mol. The van der Waals surface area contributed by atoms with Crippen molar-refractivity contribution in [3.63, 3.8) is 0 Å². The highest BCUT2D eigenvalue weighted by molar-refractivity contribution is 7.91. The van der Waals surface area contributed by atoms with Gasteiger partial charge in [-0.1, -0.05) is 19.1 Å². The third-order valence-corrected chi connectivity index (χ3v) is 3.79. The van der Waals surface area contributed by atoms with Crippen LogP contribution in [0.3, 0.4) is 0 Å². The molecule has 0 atom stereocenters. The Labute approximate surface area is 94.1 Å². The molecule has 0 fully saturated rings. The zero-order valence-electron chi connectivity index (χ0n) is 8.75. The van der Waals surface area contributed by atoms with Crippen molar-refractivity contribution < 1.29 is 18.3 Å². The van der Waals surface area contributed by atoms with Crippen molar-refractivity contribution >= 4 is 21.9 Å². The van der Waals surface area contributed by atoms with Crippen LogP contribution in [0.5, 0.6) is 0 Å². The van der Waals surface area contributed by atoms with Crippen LogP contribution in [0, 0.1) is 0 Å². The number of hydrogen-bond donors (Lipinski definition) is 1. The molecule has 0 radical (unpaired) electrons. The van der Waals surface area contributed by atoms with Crippen molar-refractivity contribution in [2.45, 2.75) is 11.8 Å². The van der Waals surface area contributed by atoms with E-state index in [0.717, 1.165) is 6.08 Å². The van der Waals surface area contributed by atoms with Gasteiger partial charge in [0.2, 0.25) is 0 Å². The Morgan fingerprint density at radius 2 is 1.88 bits per heavy atom. The molecule has 1 aromatic rings. The number of carbonyl (C=O) groups is 1. The Balaban J connectivity index is 2.96. The van der Waals surface area contributed by atoms with Gasteiger partial charge in [0, 0.05) is 6.08 Å². The van der Waals surface area contributed by atoms with Crippen molar-refractivity contribution in [1.29, 1.82) is 0 Å². The van der Waals surface area contributed by atoms with E-state index in [1.807, 2.05) is 0 Å². The fraction of sp³-hybridized carbons (Fsp3) is 0.182. The summed E-state index contributed by atoms with van der Waals surface area (Å²) >= 11 is 0. The summed E-state index contributed by atoms with van der Waals surface area (Å²) in [6.45, 7) is 1.58. The van der Waals surface area contributed by atoms with Crippen LogP contribution in [-0.4, -0.2) is 25.2 Å². The van der Waals surface area contributed by atoms with Gasteiger partial charge in [-0.15, -0.1) is 0 Å². The molecule has 16 heavy (non-hydrogen) atoms. The smallest absolute Gasteiger partial charge is 0.328 e. The Bertz CT molecular complexity index is 497. The molecule has 1 N–H and O–H groups in total. The van der Waals surface area contributed by atoms with E-state index in [0.29, 0.717) is 5.56 Å². The van der Waals surface area contributed by atoms with Gasteiger partial charge in [0.1, 0.15) is 0 Å². The van der Waals surface area contributed by atoms with Gasteiger partial charge in [-0.25, -0.2) is 13.2 Å². The summed E-state index contributed by atoms with van der Waals surface area (Å²) in [5.41, 5.74) is 0.650. The number of aliphatic carboxylic acids is 1. The molecule has 0 saturated carbocycles. The molecule has 86 valence electrons. The summed E-state index contributed by atoms with van der Waals surface area (Å²) in [6.07, 6.45) is 2.41. The van der Waals surface area contributed by atoms with E-state index in [1.165, 1.54) is 18.2 Å². The first-order chi connectivity index (χ1) is 7.45. The van der Waals surface area contributed by atoms with E-state index in [1.54, 1.807) is 19.1 Å². The first-order valence-electron chi connectivity index (χ1n) is 4.69. The van der Waals surface area contributed by atoms with Gasteiger partial charge in [0.05, 0.1) is 10.6 Å². The van der Waals surface area contributed by atoms with Crippen LogP contribution in [0.25, 0.3) is 6.08 Å². The lowest BCUT2D eigenvalue weighted by atomic mass is 10.2. The zero-order valence-corrected chi connectivity index (χ0v) is 9.57. The average Bonchev–Trinajstić information content (AvgIpc) is 2.27. The second-order valence-electron chi connectivity index (χ2n) is 3.14. The number of rotatable bonds is 4. The molecule has 1 rings (SSSR count). The topological polar surface area (TPSA) is 71.4 Å².